The van der Waals surface area contributed by atoms with Crippen LogP contribution in [0, 0.1) is 6.92 Å². The molecule has 1 atom stereocenters. The quantitative estimate of drug-likeness (QED) is 0.421. The van der Waals surface area contributed by atoms with Crippen LogP contribution in [0.4, 0.5) is 11.6 Å². The van der Waals surface area contributed by atoms with Crippen molar-refractivity contribution in [1.82, 2.24) is 24.8 Å². The van der Waals surface area contributed by atoms with Crippen LogP contribution in [0.15, 0.2) is 79.4 Å². The van der Waals surface area contributed by atoms with E-state index in [0.717, 1.165) is 35.5 Å². The standard InChI is InChI=1S/C27H26N6O2/c1-19-6-2-10-23(14-19)35-25-17-28-16-24(32-25)21-8-4-13-33(18-21)26(34)20-7-3-9-22(15-20)31-27-29-11-5-12-30-27/h2-3,5-7,9-12,14-17,21H,4,8,13,18H2,1H3,(H,29,30,31)/t21-/m1/s1. The molecule has 1 saturated heterocycles. The van der Waals surface area contributed by atoms with Crippen LogP contribution in [0.5, 0.6) is 11.6 Å². The Morgan fingerprint density at radius 3 is 2.77 bits per heavy atom. The van der Waals surface area contributed by atoms with Gasteiger partial charge in [-0.15, -0.1) is 0 Å². The molecule has 0 bridgehead atoms. The Balaban J connectivity index is 1.28. The van der Waals surface area contributed by atoms with E-state index in [4.69, 9.17) is 9.72 Å². The predicted molar refractivity (Wildman–Crippen MR) is 133 cm³/mol. The molecule has 3 heterocycles. The second-order valence-electron chi connectivity index (χ2n) is 8.57. The van der Waals surface area contributed by atoms with E-state index >= 15 is 0 Å². The number of carbonyl (C=O) groups excluding carboxylic acids is 1. The first kappa shape index (κ1) is 22.5. The van der Waals surface area contributed by atoms with Gasteiger partial charge in [-0.25, -0.2) is 15.0 Å². The number of nitrogens with one attached hydrogen (secondary N) is 1. The summed E-state index contributed by atoms with van der Waals surface area (Å²) in [5.74, 6) is 1.76. The lowest BCUT2D eigenvalue weighted by Crippen LogP contribution is -2.39. The molecular formula is C27H26N6O2. The van der Waals surface area contributed by atoms with Gasteiger partial charge in [0.2, 0.25) is 11.8 Å². The summed E-state index contributed by atoms with van der Waals surface area (Å²) >= 11 is 0. The van der Waals surface area contributed by atoms with E-state index in [2.05, 4.69) is 20.3 Å². The van der Waals surface area contributed by atoms with Gasteiger partial charge in [-0.05, 0) is 61.7 Å². The fourth-order valence-corrected chi connectivity index (χ4v) is 4.22. The van der Waals surface area contributed by atoms with E-state index in [9.17, 15) is 4.79 Å². The van der Waals surface area contributed by atoms with Gasteiger partial charge in [0, 0.05) is 48.8 Å². The molecular weight excluding hydrogens is 440 g/mol. The van der Waals surface area contributed by atoms with Gasteiger partial charge < -0.3 is 15.0 Å². The number of aryl methyl sites for hydroxylation is 1. The molecule has 1 fully saturated rings. The molecule has 1 aliphatic heterocycles. The van der Waals surface area contributed by atoms with Crippen molar-refractivity contribution in [3.05, 3.63) is 96.2 Å². The molecule has 5 rings (SSSR count). The second-order valence-corrected chi connectivity index (χ2v) is 8.57. The molecule has 0 unspecified atom stereocenters. The highest BCUT2D eigenvalue weighted by atomic mass is 16.5. The molecule has 0 spiro atoms. The van der Waals surface area contributed by atoms with Crippen LogP contribution in [-0.2, 0) is 0 Å². The molecule has 8 heteroatoms. The van der Waals surface area contributed by atoms with Crippen LogP contribution in [0.25, 0.3) is 0 Å². The largest absolute Gasteiger partial charge is 0.437 e. The summed E-state index contributed by atoms with van der Waals surface area (Å²) in [5.41, 5.74) is 3.34. The minimum Gasteiger partial charge on any atom is -0.437 e. The lowest BCUT2D eigenvalue weighted by molar-refractivity contribution is 0.0705. The molecule has 0 radical (unpaired) electrons. The Morgan fingerprint density at radius 1 is 1.06 bits per heavy atom. The van der Waals surface area contributed by atoms with E-state index in [1.165, 1.54) is 0 Å². The number of piperidine rings is 1. The van der Waals surface area contributed by atoms with Gasteiger partial charge in [-0.3, -0.25) is 9.78 Å². The zero-order chi connectivity index (χ0) is 24.0. The van der Waals surface area contributed by atoms with E-state index in [0.29, 0.717) is 30.5 Å². The Bertz CT molecular complexity index is 1310. The summed E-state index contributed by atoms with van der Waals surface area (Å²) < 4.78 is 5.92. The first-order valence-corrected chi connectivity index (χ1v) is 11.6. The Hall–Kier alpha value is -4.33. The number of benzene rings is 2. The summed E-state index contributed by atoms with van der Waals surface area (Å²) in [6.07, 6.45) is 8.57. The second kappa shape index (κ2) is 10.3. The van der Waals surface area contributed by atoms with E-state index in [1.54, 1.807) is 30.9 Å². The zero-order valence-electron chi connectivity index (χ0n) is 19.5. The Kier molecular flexibility index (Phi) is 6.61. The van der Waals surface area contributed by atoms with Crippen LogP contribution < -0.4 is 10.1 Å². The van der Waals surface area contributed by atoms with Crippen molar-refractivity contribution in [3.63, 3.8) is 0 Å². The summed E-state index contributed by atoms with van der Waals surface area (Å²) in [4.78, 5) is 32.6. The van der Waals surface area contributed by atoms with Crippen LogP contribution >= 0.6 is 0 Å². The van der Waals surface area contributed by atoms with E-state index in [-0.39, 0.29) is 11.8 Å². The summed E-state index contributed by atoms with van der Waals surface area (Å²) in [7, 11) is 0. The predicted octanol–water partition coefficient (Wildman–Crippen LogP) is 5.13. The number of carbonyl (C=O) groups is 1. The van der Waals surface area contributed by atoms with Crippen LogP contribution in [0.2, 0.25) is 0 Å². The zero-order valence-corrected chi connectivity index (χ0v) is 19.5. The third-order valence-electron chi connectivity index (χ3n) is 5.90. The molecule has 2 aromatic carbocycles. The molecule has 4 aromatic rings. The fraction of sp³-hybridized carbons (Fsp3) is 0.222. The topological polar surface area (TPSA) is 93.1 Å². The van der Waals surface area contributed by atoms with Crippen molar-refractivity contribution >= 4 is 17.5 Å². The first-order chi connectivity index (χ1) is 17.1. The van der Waals surface area contributed by atoms with E-state index in [1.807, 2.05) is 60.4 Å². The Morgan fingerprint density at radius 2 is 1.91 bits per heavy atom. The molecule has 1 aliphatic rings. The number of hydrogen-bond donors (Lipinski definition) is 1. The smallest absolute Gasteiger partial charge is 0.253 e. The third kappa shape index (κ3) is 5.60. The normalized spacial score (nSPS) is 15.5. The number of nitrogens with zero attached hydrogens (tertiary/aromatic N) is 5. The SMILES string of the molecule is Cc1cccc(Oc2cncc([C@@H]3CCCN(C(=O)c4cccc(Nc5ncccn5)c4)C3)n2)c1. The van der Waals surface area contributed by atoms with Crippen molar-refractivity contribution in [2.75, 3.05) is 18.4 Å². The summed E-state index contributed by atoms with van der Waals surface area (Å²) in [6, 6.07) is 17.0. The highest BCUT2D eigenvalue weighted by Gasteiger charge is 2.27. The number of ether oxygens (including phenoxy) is 1. The average molecular weight is 467 g/mol. The molecule has 176 valence electrons. The molecule has 1 amide bonds. The van der Waals surface area contributed by atoms with Crippen molar-refractivity contribution < 1.29 is 9.53 Å². The van der Waals surface area contributed by atoms with E-state index < -0.39 is 0 Å². The molecule has 2 aromatic heterocycles. The number of aromatic nitrogens is 4. The van der Waals surface area contributed by atoms with Crippen molar-refractivity contribution in [2.24, 2.45) is 0 Å². The minimum atomic E-state index is -0.00699. The number of amides is 1. The highest BCUT2D eigenvalue weighted by molar-refractivity contribution is 5.95. The van der Waals surface area contributed by atoms with Gasteiger partial charge in [-0.2, -0.15) is 0 Å². The summed E-state index contributed by atoms with van der Waals surface area (Å²) in [5, 5.41) is 3.14. The van der Waals surface area contributed by atoms with Crippen molar-refractivity contribution in [1.29, 1.82) is 0 Å². The highest BCUT2D eigenvalue weighted by Crippen LogP contribution is 2.29. The van der Waals surface area contributed by atoms with Gasteiger partial charge in [0.25, 0.3) is 5.91 Å². The minimum absolute atomic E-state index is 0.00699. The first-order valence-electron chi connectivity index (χ1n) is 11.6. The van der Waals surface area contributed by atoms with Gasteiger partial charge in [0.05, 0.1) is 11.9 Å². The van der Waals surface area contributed by atoms with Crippen LogP contribution in [0.1, 0.15) is 40.4 Å². The maximum Gasteiger partial charge on any atom is 0.253 e. The lowest BCUT2D eigenvalue weighted by Gasteiger charge is -2.32. The molecule has 0 aliphatic carbocycles. The number of rotatable bonds is 6. The maximum atomic E-state index is 13.3. The van der Waals surface area contributed by atoms with Gasteiger partial charge >= 0.3 is 0 Å². The van der Waals surface area contributed by atoms with Crippen molar-refractivity contribution in [2.45, 2.75) is 25.7 Å². The van der Waals surface area contributed by atoms with Gasteiger partial charge in [-0.1, -0.05) is 18.2 Å². The molecule has 35 heavy (non-hydrogen) atoms. The number of anilines is 2. The van der Waals surface area contributed by atoms with Gasteiger partial charge in [0.1, 0.15) is 5.75 Å². The Labute approximate surface area is 204 Å². The monoisotopic (exact) mass is 466 g/mol. The lowest BCUT2D eigenvalue weighted by atomic mass is 9.94. The molecule has 8 nitrogen and oxygen atoms in total. The number of hydrogen-bond acceptors (Lipinski definition) is 7. The summed E-state index contributed by atoms with van der Waals surface area (Å²) in [6.45, 7) is 3.31. The molecule has 1 N–H and O–H groups in total. The maximum absolute atomic E-state index is 13.3. The third-order valence-corrected chi connectivity index (χ3v) is 5.90. The average Bonchev–Trinajstić information content (AvgIpc) is 2.89. The van der Waals surface area contributed by atoms with Gasteiger partial charge in [0.15, 0.2) is 0 Å². The van der Waals surface area contributed by atoms with Crippen LogP contribution in [-0.4, -0.2) is 43.8 Å². The van der Waals surface area contributed by atoms with Crippen LogP contribution in [0.3, 0.4) is 0 Å². The van der Waals surface area contributed by atoms with Crippen molar-refractivity contribution in [3.8, 4) is 11.6 Å². The molecule has 0 saturated carbocycles. The number of likely N-dealkylation sites (tertiary alicyclic amines) is 1. The fourth-order valence-electron chi connectivity index (χ4n) is 4.22.